The van der Waals surface area contributed by atoms with Crippen molar-refractivity contribution in [1.82, 2.24) is 4.98 Å². The maximum atomic E-state index is 6.71. The number of hydrogen-bond acceptors (Lipinski definition) is 2. The van der Waals surface area contributed by atoms with Crippen molar-refractivity contribution in [1.29, 1.82) is 0 Å². The largest absolute Gasteiger partial charge is 0.316 e. The molecule has 1 aromatic heterocycles. The second-order valence-electron chi connectivity index (χ2n) is 2.85. The van der Waals surface area contributed by atoms with E-state index in [2.05, 4.69) is 31.8 Å². The topological polar surface area (TPSA) is 17.2 Å². The predicted molar refractivity (Wildman–Crippen MR) is 62.5 cm³/mol. The van der Waals surface area contributed by atoms with Crippen molar-refractivity contribution in [2.75, 3.05) is 6.54 Å². The van der Waals surface area contributed by atoms with E-state index in [0.29, 0.717) is 6.54 Å². The van der Waals surface area contributed by atoms with Crippen LogP contribution in [0.4, 0.5) is 0 Å². The highest BCUT2D eigenvalue weighted by Gasteiger charge is 2.04. The average Bonchev–Trinajstić information content (AvgIpc) is 2.56. The minimum atomic E-state index is 0.529. The summed E-state index contributed by atoms with van der Waals surface area (Å²) in [6, 6.07) is 6.07. The molecule has 70 valence electrons. The lowest BCUT2D eigenvalue weighted by Gasteiger charge is -1.87. The lowest BCUT2D eigenvalue weighted by Crippen LogP contribution is -1.84. The van der Waals surface area contributed by atoms with Crippen molar-refractivity contribution in [3.8, 4) is 0 Å². The zero-order chi connectivity index (χ0) is 9.97. The van der Waals surface area contributed by atoms with E-state index >= 15 is 0 Å². The molecule has 0 atom stereocenters. The molecule has 0 aliphatic heterocycles. The fourth-order valence-corrected chi connectivity index (χ4v) is 2.49. The summed E-state index contributed by atoms with van der Waals surface area (Å²) in [5.74, 6) is 0. The first-order valence-electron chi connectivity index (χ1n) is 4.18. The van der Waals surface area contributed by atoms with Crippen LogP contribution in [0.1, 0.15) is 5.01 Å². The third-order valence-electron chi connectivity index (χ3n) is 1.83. The van der Waals surface area contributed by atoms with Crippen LogP contribution in [0.3, 0.4) is 0 Å². The monoisotopic (exact) mass is 266 g/mol. The summed E-state index contributed by atoms with van der Waals surface area (Å²) in [5.41, 5.74) is 1.02. The molecule has 0 radical (unpaired) electrons. The van der Waals surface area contributed by atoms with Gasteiger partial charge >= 0.3 is 0 Å². The molecule has 1 heterocycles. The Morgan fingerprint density at radius 1 is 1.50 bits per heavy atom. The van der Waals surface area contributed by atoms with Crippen molar-refractivity contribution < 1.29 is 0 Å². The average molecular weight is 267 g/mol. The SMILES string of the molecule is [C-]#[N+]CCc1nc2cc(Br)ccc2s1. The molecule has 2 rings (SSSR count). The number of aromatic nitrogens is 1. The van der Waals surface area contributed by atoms with E-state index in [0.717, 1.165) is 21.4 Å². The maximum Gasteiger partial charge on any atom is 0.221 e. The van der Waals surface area contributed by atoms with Gasteiger partial charge in [-0.1, -0.05) is 15.9 Å². The summed E-state index contributed by atoms with van der Waals surface area (Å²) in [5, 5.41) is 1.05. The third kappa shape index (κ3) is 1.94. The summed E-state index contributed by atoms with van der Waals surface area (Å²) >= 11 is 5.08. The number of thiazole rings is 1. The Bertz CT molecular complexity index is 498. The normalized spacial score (nSPS) is 10.3. The summed E-state index contributed by atoms with van der Waals surface area (Å²) in [6.45, 7) is 7.24. The number of benzene rings is 1. The van der Waals surface area contributed by atoms with Crippen LogP contribution < -0.4 is 0 Å². The third-order valence-corrected chi connectivity index (χ3v) is 3.42. The summed E-state index contributed by atoms with van der Waals surface area (Å²) in [6.07, 6.45) is 0.764. The number of hydrogen-bond donors (Lipinski definition) is 0. The van der Waals surface area contributed by atoms with Crippen LogP contribution in [0.15, 0.2) is 22.7 Å². The van der Waals surface area contributed by atoms with Crippen molar-refractivity contribution >= 4 is 37.5 Å². The Labute approximate surface area is 94.5 Å². The molecule has 0 aliphatic carbocycles. The van der Waals surface area contributed by atoms with E-state index < -0.39 is 0 Å². The van der Waals surface area contributed by atoms with Gasteiger partial charge in [-0.2, -0.15) is 0 Å². The lowest BCUT2D eigenvalue weighted by atomic mass is 10.3. The highest BCUT2D eigenvalue weighted by Crippen LogP contribution is 2.25. The minimum absolute atomic E-state index is 0.529. The molecule has 0 saturated carbocycles. The van der Waals surface area contributed by atoms with Crippen LogP contribution in [0.2, 0.25) is 0 Å². The van der Waals surface area contributed by atoms with Crippen molar-refractivity contribution in [3.05, 3.63) is 39.1 Å². The highest BCUT2D eigenvalue weighted by atomic mass is 79.9. The Hall–Kier alpha value is -0.920. The summed E-state index contributed by atoms with van der Waals surface area (Å²) < 4.78 is 2.24. The molecule has 4 heteroatoms. The molecular formula is C10H7BrN2S. The van der Waals surface area contributed by atoms with Crippen LogP contribution in [0.5, 0.6) is 0 Å². The molecule has 0 bridgehead atoms. The standard InChI is InChI=1S/C10H7BrN2S/c1-12-5-4-10-13-8-6-7(11)2-3-9(8)14-10/h2-3,6H,4-5H2. The summed E-state index contributed by atoms with van der Waals surface area (Å²) in [4.78, 5) is 7.78. The predicted octanol–water partition coefficient (Wildman–Crippen LogP) is 3.52. The number of fused-ring (bicyclic) bond motifs is 1. The molecule has 0 fully saturated rings. The molecule has 0 saturated heterocycles. The van der Waals surface area contributed by atoms with Gasteiger partial charge in [-0.25, -0.2) is 11.6 Å². The Morgan fingerprint density at radius 3 is 3.14 bits per heavy atom. The van der Waals surface area contributed by atoms with Gasteiger partial charge in [0.05, 0.1) is 16.6 Å². The van der Waals surface area contributed by atoms with Gasteiger partial charge in [0.15, 0.2) is 0 Å². The smallest absolute Gasteiger partial charge is 0.221 e. The first-order valence-corrected chi connectivity index (χ1v) is 5.79. The zero-order valence-electron chi connectivity index (χ0n) is 7.33. The fourth-order valence-electron chi connectivity index (χ4n) is 1.21. The van der Waals surface area contributed by atoms with Gasteiger partial charge in [-0.05, 0) is 18.2 Å². The first-order chi connectivity index (χ1) is 6.79. The molecule has 0 spiro atoms. The Balaban J connectivity index is 2.37. The van der Waals surface area contributed by atoms with Crippen LogP contribution in [0.25, 0.3) is 15.1 Å². The zero-order valence-corrected chi connectivity index (χ0v) is 9.73. The molecular weight excluding hydrogens is 260 g/mol. The number of nitrogens with zero attached hydrogens (tertiary/aromatic N) is 2. The Kier molecular flexibility index (Phi) is 2.80. The summed E-state index contributed by atoms with van der Waals surface area (Å²) in [7, 11) is 0. The second kappa shape index (κ2) is 4.07. The van der Waals surface area contributed by atoms with Crippen LogP contribution in [-0.4, -0.2) is 11.5 Å². The van der Waals surface area contributed by atoms with Gasteiger partial charge in [-0.15, -0.1) is 11.3 Å². The molecule has 0 aliphatic rings. The molecule has 14 heavy (non-hydrogen) atoms. The van der Waals surface area contributed by atoms with Crippen molar-refractivity contribution in [2.24, 2.45) is 0 Å². The Morgan fingerprint density at radius 2 is 2.36 bits per heavy atom. The van der Waals surface area contributed by atoms with E-state index in [-0.39, 0.29) is 0 Å². The number of rotatable bonds is 2. The molecule has 0 N–H and O–H groups in total. The van der Waals surface area contributed by atoms with E-state index in [1.165, 1.54) is 4.70 Å². The van der Waals surface area contributed by atoms with E-state index in [9.17, 15) is 0 Å². The fraction of sp³-hybridized carbons (Fsp3) is 0.200. The van der Waals surface area contributed by atoms with E-state index in [1.807, 2.05) is 12.1 Å². The quantitative estimate of drug-likeness (QED) is 0.761. The van der Waals surface area contributed by atoms with Crippen LogP contribution >= 0.6 is 27.3 Å². The highest BCUT2D eigenvalue weighted by molar-refractivity contribution is 9.10. The van der Waals surface area contributed by atoms with Crippen LogP contribution in [0, 0.1) is 6.57 Å². The van der Waals surface area contributed by atoms with Crippen molar-refractivity contribution in [2.45, 2.75) is 6.42 Å². The number of halogens is 1. The van der Waals surface area contributed by atoms with E-state index in [1.54, 1.807) is 11.3 Å². The van der Waals surface area contributed by atoms with Gasteiger partial charge < -0.3 is 4.85 Å². The minimum Gasteiger partial charge on any atom is -0.316 e. The van der Waals surface area contributed by atoms with Gasteiger partial charge in [0, 0.05) is 4.47 Å². The first kappa shape index (κ1) is 9.63. The molecule has 0 amide bonds. The molecule has 0 unspecified atom stereocenters. The van der Waals surface area contributed by atoms with Crippen molar-refractivity contribution in [3.63, 3.8) is 0 Å². The van der Waals surface area contributed by atoms with Gasteiger partial charge in [-0.3, -0.25) is 0 Å². The van der Waals surface area contributed by atoms with Gasteiger partial charge in [0.25, 0.3) is 0 Å². The van der Waals surface area contributed by atoms with E-state index in [4.69, 9.17) is 6.57 Å². The maximum absolute atomic E-state index is 6.71. The molecule has 1 aromatic carbocycles. The molecule has 2 aromatic rings. The second-order valence-corrected chi connectivity index (χ2v) is 4.88. The van der Waals surface area contributed by atoms with Gasteiger partial charge in [0.1, 0.15) is 5.01 Å². The lowest BCUT2D eigenvalue weighted by molar-refractivity contribution is 1.06. The van der Waals surface area contributed by atoms with Gasteiger partial charge in [0.2, 0.25) is 6.54 Å². The molecule has 2 nitrogen and oxygen atoms in total. The van der Waals surface area contributed by atoms with Crippen LogP contribution in [-0.2, 0) is 6.42 Å².